The van der Waals surface area contributed by atoms with Gasteiger partial charge in [-0.1, -0.05) is 42.5 Å². The lowest BCUT2D eigenvalue weighted by Gasteiger charge is -2.09. The van der Waals surface area contributed by atoms with Gasteiger partial charge in [-0.05, 0) is 47.5 Å². The van der Waals surface area contributed by atoms with Crippen molar-refractivity contribution < 1.29 is 19.0 Å². The van der Waals surface area contributed by atoms with Gasteiger partial charge in [0.25, 0.3) is 0 Å². The molecule has 0 atom stereocenters. The highest BCUT2D eigenvalue weighted by Crippen LogP contribution is 2.30. The number of methoxy groups -OCH3 is 1. The SMILES string of the molecule is CCOc1cc(/C=C2/N=C(c3cccc4ccccc34)OC2=O)ccc1OC. The number of hydrogen-bond donors (Lipinski definition) is 0. The molecule has 0 aliphatic carbocycles. The molecule has 4 rings (SSSR count). The number of rotatable bonds is 5. The second-order valence-electron chi connectivity index (χ2n) is 6.21. The maximum atomic E-state index is 12.4. The van der Waals surface area contributed by atoms with Crippen LogP contribution < -0.4 is 9.47 Å². The number of hydrogen-bond acceptors (Lipinski definition) is 5. The van der Waals surface area contributed by atoms with E-state index in [0.717, 1.165) is 21.9 Å². The van der Waals surface area contributed by atoms with Crippen molar-refractivity contribution >= 4 is 28.7 Å². The van der Waals surface area contributed by atoms with Gasteiger partial charge in [0.1, 0.15) is 0 Å². The van der Waals surface area contributed by atoms with E-state index in [2.05, 4.69) is 4.99 Å². The van der Waals surface area contributed by atoms with Crippen molar-refractivity contribution in [1.82, 2.24) is 0 Å². The van der Waals surface area contributed by atoms with Crippen LogP contribution in [-0.2, 0) is 9.53 Å². The van der Waals surface area contributed by atoms with Crippen LogP contribution in [0.2, 0.25) is 0 Å². The number of carbonyl (C=O) groups is 1. The fourth-order valence-electron chi connectivity index (χ4n) is 3.15. The first kappa shape index (κ1) is 17.8. The molecule has 3 aromatic rings. The Labute approximate surface area is 162 Å². The van der Waals surface area contributed by atoms with Gasteiger partial charge in [0, 0.05) is 5.56 Å². The minimum Gasteiger partial charge on any atom is -0.493 e. The summed E-state index contributed by atoms with van der Waals surface area (Å²) in [4.78, 5) is 16.8. The Kier molecular flexibility index (Phi) is 4.81. The van der Waals surface area contributed by atoms with Gasteiger partial charge in [-0.2, -0.15) is 0 Å². The summed E-state index contributed by atoms with van der Waals surface area (Å²) in [5.41, 5.74) is 1.81. The molecule has 0 saturated heterocycles. The molecule has 3 aromatic carbocycles. The number of esters is 1. The van der Waals surface area contributed by atoms with Crippen LogP contribution >= 0.6 is 0 Å². The third-order valence-electron chi connectivity index (χ3n) is 4.43. The molecule has 1 aliphatic heterocycles. The molecular formula is C23H19NO4. The molecule has 0 saturated carbocycles. The molecule has 0 spiro atoms. The van der Waals surface area contributed by atoms with Crippen molar-refractivity contribution in [2.75, 3.05) is 13.7 Å². The number of cyclic esters (lactones) is 1. The van der Waals surface area contributed by atoms with E-state index in [-0.39, 0.29) is 5.70 Å². The number of ether oxygens (including phenoxy) is 3. The van der Waals surface area contributed by atoms with Crippen molar-refractivity contribution in [3.05, 3.63) is 77.5 Å². The van der Waals surface area contributed by atoms with Crippen molar-refractivity contribution in [3.63, 3.8) is 0 Å². The molecule has 0 N–H and O–H groups in total. The van der Waals surface area contributed by atoms with E-state index < -0.39 is 5.97 Å². The molecule has 0 fully saturated rings. The Morgan fingerprint density at radius 3 is 2.68 bits per heavy atom. The molecule has 5 nitrogen and oxygen atoms in total. The van der Waals surface area contributed by atoms with Gasteiger partial charge in [0.15, 0.2) is 17.2 Å². The van der Waals surface area contributed by atoms with Crippen LogP contribution in [0.5, 0.6) is 11.5 Å². The molecule has 1 heterocycles. The van der Waals surface area contributed by atoms with Gasteiger partial charge >= 0.3 is 5.97 Å². The second kappa shape index (κ2) is 7.56. The lowest BCUT2D eigenvalue weighted by molar-refractivity contribution is -0.129. The van der Waals surface area contributed by atoms with Gasteiger partial charge < -0.3 is 14.2 Å². The topological polar surface area (TPSA) is 57.1 Å². The number of nitrogens with zero attached hydrogens (tertiary/aromatic N) is 1. The standard InChI is InChI=1S/C23H19NO4/c1-3-27-21-14-15(11-12-20(21)26-2)13-19-23(25)28-22(24-19)18-10-6-8-16-7-4-5-9-17(16)18/h4-14H,3H2,1-2H3/b19-13+. The van der Waals surface area contributed by atoms with E-state index in [4.69, 9.17) is 14.2 Å². The number of benzene rings is 3. The van der Waals surface area contributed by atoms with Crippen LogP contribution in [0.3, 0.4) is 0 Å². The van der Waals surface area contributed by atoms with Gasteiger partial charge in [-0.3, -0.25) is 0 Å². The third-order valence-corrected chi connectivity index (χ3v) is 4.43. The second-order valence-corrected chi connectivity index (χ2v) is 6.21. The number of aliphatic imine (C=N–C) groups is 1. The number of carbonyl (C=O) groups excluding carboxylic acids is 1. The van der Waals surface area contributed by atoms with Crippen LogP contribution in [0.1, 0.15) is 18.1 Å². The highest BCUT2D eigenvalue weighted by molar-refractivity contribution is 6.17. The van der Waals surface area contributed by atoms with E-state index >= 15 is 0 Å². The molecular weight excluding hydrogens is 354 g/mol. The summed E-state index contributed by atoms with van der Waals surface area (Å²) < 4.78 is 16.3. The van der Waals surface area contributed by atoms with Crippen molar-refractivity contribution in [2.45, 2.75) is 6.92 Å². The summed E-state index contributed by atoms with van der Waals surface area (Å²) in [6, 6.07) is 19.2. The summed E-state index contributed by atoms with van der Waals surface area (Å²) in [6.07, 6.45) is 1.68. The van der Waals surface area contributed by atoms with Gasteiger partial charge in [-0.25, -0.2) is 9.79 Å². The largest absolute Gasteiger partial charge is 0.493 e. The molecule has 0 radical (unpaired) electrons. The fraction of sp³-hybridized carbons (Fsp3) is 0.130. The highest BCUT2D eigenvalue weighted by atomic mass is 16.6. The Bertz CT molecular complexity index is 1110. The molecule has 28 heavy (non-hydrogen) atoms. The van der Waals surface area contributed by atoms with Crippen LogP contribution in [0.15, 0.2) is 71.4 Å². The van der Waals surface area contributed by atoms with Crippen molar-refractivity contribution in [3.8, 4) is 11.5 Å². The predicted molar refractivity (Wildman–Crippen MR) is 109 cm³/mol. The minimum absolute atomic E-state index is 0.246. The maximum Gasteiger partial charge on any atom is 0.363 e. The first-order valence-corrected chi connectivity index (χ1v) is 9.01. The van der Waals surface area contributed by atoms with Gasteiger partial charge in [-0.15, -0.1) is 0 Å². The minimum atomic E-state index is -0.475. The summed E-state index contributed by atoms with van der Waals surface area (Å²) in [7, 11) is 1.59. The Morgan fingerprint density at radius 2 is 1.86 bits per heavy atom. The Balaban J connectivity index is 1.72. The fourth-order valence-corrected chi connectivity index (χ4v) is 3.15. The normalized spacial score (nSPS) is 14.9. The smallest absolute Gasteiger partial charge is 0.363 e. The number of fused-ring (bicyclic) bond motifs is 1. The van der Waals surface area contributed by atoms with Crippen LogP contribution in [0, 0.1) is 0 Å². The van der Waals surface area contributed by atoms with Crippen molar-refractivity contribution in [2.24, 2.45) is 4.99 Å². The lowest BCUT2D eigenvalue weighted by Crippen LogP contribution is -2.05. The zero-order chi connectivity index (χ0) is 19.5. The molecule has 0 bridgehead atoms. The van der Waals surface area contributed by atoms with Gasteiger partial charge in [0.05, 0.1) is 13.7 Å². The average Bonchev–Trinajstić information content (AvgIpc) is 3.08. The molecule has 0 amide bonds. The van der Waals surface area contributed by atoms with Crippen LogP contribution in [0.4, 0.5) is 0 Å². The zero-order valence-corrected chi connectivity index (χ0v) is 15.6. The van der Waals surface area contributed by atoms with E-state index in [1.165, 1.54) is 0 Å². The Hall–Kier alpha value is -3.60. The lowest BCUT2D eigenvalue weighted by atomic mass is 10.0. The summed E-state index contributed by atoms with van der Waals surface area (Å²) in [5, 5.41) is 2.05. The molecule has 0 aromatic heterocycles. The molecule has 1 aliphatic rings. The molecule has 0 unspecified atom stereocenters. The van der Waals surface area contributed by atoms with E-state index in [1.807, 2.05) is 61.5 Å². The molecule has 140 valence electrons. The summed E-state index contributed by atoms with van der Waals surface area (Å²) >= 11 is 0. The first-order chi connectivity index (χ1) is 13.7. The Morgan fingerprint density at radius 1 is 1.04 bits per heavy atom. The van der Waals surface area contributed by atoms with E-state index in [9.17, 15) is 4.79 Å². The quantitative estimate of drug-likeness (QED) is 0.485. The molecule has 5 heteroatoms. The highest BCUT2D eigenvalue weighted by Gasteiger charge is 2.25. The van der Waals surface area contributed by atoms with Crippen LogP contribution in [0.25, 0.3) is 16.8 Å². The van der Waals surface area contributed by atoms with Gasteiger partial charge in [0.2, 0.25) is 5.90 Å². The van der Waals surface area contributed by atoms with E-state index in [0.29, 0.717) is 24.0 Å². The maximum absolute atomic E-state index is 12.4. The predicted octanol–water partition coefficient (Wildman–Crippen LogP) is 4.59. The summed E-state index contributed by atoms with van der Waals surface area (Å²) in [6.45, 7) is 2.42. The van der Waals surface area contributed by atoms with Crippen molar-refractivity contribution in [1.29, 1.82) is 0 Å². The summed E-state index contributed by atoms with van der Waals surface area (Å²) in [5.74, 6) is 1.09. The monoisotopic (exact) mass is 373 g/mol. The third kappa shape index (κ3) is 3.34. The van der Waals surface area contributed by atoms with E-state index in [1.54, 1.807) is 19.3 Å². The average molecular weight is 373 g/mol. The van der Waals surface area contributed by atoms with Crippen LogP contribution in [-0.4, -0.2) is 25.6 Å². The first-order valence-electron chi connectivity index (χ1n) is 9.01. The zero-order valence-electron chi connectivity index (χ0n) is 15.6.